The molecule has 0 aromatic heterocycles. The number of ketones is 1. The van der Waals surface area contributed by atoms with Gasteiger partial charge in [0.1, 0.15) is 5.78 Å². The van der Waals surface area contributed by atoms with E-state index in [9.17, 15) is 4.79 Å². The van der Waals surface area contributed by atoms with Crippen molar-refractivity contribution >= 4 is 5.78 Å². The molecule has 0 radical (unpaired) electrons. The van der Waals surface area contributed by atoms with Crippen LogP contribution in [-0.4, -0.2) is 5.78 Å². The van der Waals surface area contributed by atoms with Crippen LogP contribution in [0.15, 0.2) is 30.3 Å². The number of hydrogen-bond donors (Lipinski definition) is 0. The van der Waals surface area contributed by atoms with Gasteiger partial charge in [0.05, 0.1) is 6.07 Å². The molecule has 0 atom stereocenters. The summed E-state index contributed by atoms with van der Waals surface area (Å²) in [6.07, 6.45) is 5.49. The molecule has 0 fully saturated rings. The minimum atomic E-state index is 0.332. The lowest BCUT2D eigenvalue weighted by molar-refractivity contribution is -0.119. The van der Waals surface area contributed by atoms with Crippen LogP contribution in [0.3, 0.4) is 0 Å². The van der Waals surface area contributed by atoms with E-state index in [-0.39, 0.29) is 0 Å². The van der Waals surface area contributed by atoms with Crippen molar-refractivity contribution in [2.24, 2.45) is 0 Å². The Kier molecular flexibility index (Phi) is 6.74. The van der Waals surface area contributed by atoms with Crippen LogP contribution < -0.4 is 0 Å². The molecule has 1 aromatic carbocycles. The number of unbranched alkanes of at least 4 members (excludes halogenated alkanes) is 2. The van der Waals surface area contributed by atoms with E-state index in [2.05, 4.69) is 18.2 Å². The molecule has 2 nitrogen and oxygen atoms in total. The average Bonchev–Trinajstić information content (AvgIpc) is 2.36. The highest BCUT2D eigenvalue weighted by Crippen LogP contribution is 2.08. The van der Waals surface area contributed by atoms with E-state index in [4.69, 9.17) is 5.26 Å². The molecule has 0 spiro atoms. The molecular formula is C15H19NO. The Balaban J connectivity index is 2.07. The van der Waals surface area contributed by atoms with Gasteiger partial charge in [-0.05, 0) is 31.2 Å². The fourth-order valence-corrected chi connectivity index (χ4v) is 1.79. The van der Waals surface area contributed by atoms with Crippen molar-refractivity contribution < 1.29 is 4.79 Å². The minimum Gasteiger partial charge on any atom is -0.300 e. The van der Waals surface area contributed by atoms with Crippen LogP contribution in [0.1, 0.15) is 44.1 Å². The zero-order valence-corrected chi connectivity index (χ0v) is 10.2. The lowest BCUT2D eigenvalue weighted by atomic mass is 10.0. The molecule has 0 unspecified atom stereocenters. The highest BCUT2D eigenvalue weighted by atomic mass is 16.1. The molecule has 0 aliphatic rings. The topological polar surface area (TPSA) is 40.9 Å². The summed E-state index contributed by atoms with van der Waals surface area (Å²) in [5, 5.41) is 8.36. The maximum absolute atomic E-state index is 11.5. The van der Waals surface area contributed by atoms with Gasteiger partial charge in [-0.3, -0.25) is 4.79 Å². The van der Waals surface area contributed by atoms with E-state index in [0.29, 0.717) is 25.0 Å². The molecule has 90 valence electrons. The Bertz CT molecular complexity index is 364. The molecule has 1 rings (SSSR count). The van der Waals surface area contributed by atoms with E-state index in [0.717, 1.165) is 25.7 Å². The Morgan fingerprint density at radius 3 is 2.47 bits per heavy atom. The normalized spacial score (nSPS) is 9.82. The molecule has 0 saturated heterocycles. The molecule has 0 aliphatic carbocycles. The first-order valence-corrected chi connectivity index (χ1v) is 6.25. The van der Waals surface area contributed by atoms with Gasteiger partial charge in [0.25, 0.3) is 0 Å². The minimum absolute atomic E-state index is 0.332. The van der Waals surface area contributed by atoms with E-state index in [1.807, 2.05) is 18.2 Å². The summed E-state index contributed by atoms with van der Waals surface area (Å²) in [5.74, 6) is 0.332. The van der Waals surface area contributed by atoms with Crippen molar-refractivity contribution in [1.29, 1.82) is 5.26 Å². The second kappa shape index (κ2) is 8.52. The van der Waals surface area contributed by atoms with Crippen LogP contribution >= 0.6 is 0 Å². The molecule has 0 saturated carbocycles. The van der Waals surface area contributed by atoms with Crippen molar-refractivity contribution in [3.63, 3.8) is 0 Å². The number of rotatable bonds is 8. The second-order valence-corrected chi connectivity index (χ2v) is 4.24. The van der Waals surface area contributed by atoms with Crippen molar-refractivity contribution in [2.75, 3.05) is 0 Å². The highest BCUT2D eigenvalue weighted by molar-refractivity contribution is 5.78. The number of hydrogen-bond acceptors (Lipinski definition) is 2. The molecule has 17 heavy (non-hydrogen) atoms. The fraction of sp³-hybridized carbons (Fsp3) is 0.467. The number of carbonyl (C=O) groups is 1. The van der Waals surface area contributed by atoms with Gasteiger partial charge in [-0.25, -0.2) is 0 Å². The third kappa shape index (κ3) is 6.52. The van der Waals surface area contributed by atoms with Gasteiger partial charge in [0.15, 0.2) is 0 Å². The summed E-state index contributed by atoms with van der Waals surface area (Å²) < 4.78 is 0. The summed E-state index contributed by atoms with van der Waals surface area (Å²) in [4.78, 5) is 11.5. The lowest BCUT2D eigenvalue weighted by Gasteiger charge is -2.01. The average molecular weight is 229 g/mol. The van der Waals surface area contributed by atoms with Gasteiger partial charge >= 0.3 is 0 Å². The first-order valence-electron chi connectivity index (χ1n) is 6.25. The summed E-state index contributed by atoms with van der Waals surface area (Å²) in [6, 6.07) is 12.3. The van der Waals surface area contributed by atoms with Crippen LogP contribution in [0.25, 0.3) is 0 Å². The van der Waals surface area contributed by atoms with Crippen molar-refractivity contribution in [3.05, 3.63) is 35.9 Å². The quantitative estimate of drug-likeness (QED) is 0.638. The maximum Gasteiger partial charge on any atom is 0.132 e. The number of aryl methyl sites for hydroxylation is 1. The fourth-order valence-electron chi connectivity index (χ4n) is 1.79. The molecule has 2 heteroatoms. The van der Waals surface area contributed by atoms with Crippen LogP contribution in [0.4, 0.5) is 0 Å². The van der Waals surface area contributed by atoms with E-state index < -0.39 is 0 Å². The number of Topliss-reactive ketones (excluding diaryl/α,β-unsaturated/α-hetero) is 1. The van der Waals surface area contributed by atoms with Gasteiger partial charge in [-0.15, -0.1) is 0 Å². The van der Waals surface area contributed by atoms with Gasteiger partial charge in [-0.2, -0.15) is 5.26 Å². The first-order chi connectivity index (χ1) is 8.33. The zero-order valence-electron chi connectivity index (χ0n) is 10.2. The predicted molar refractivity (Wildman–Crippen MR) is 68.5 cm³/mol. The standard InChI is InChI=1S/C15H19NO/c16-13-6-2-5-11-15(17)12-7-10-14-8-3-1-4-9-14/h1,3-4,8-9H,2,5-7,10-12H2. The number of carbonyl (C=O) groups excluding carboxylic acids is 1. The third-order valence-electron chi connectivity index (χ3n) is 2.76. The largest absolute Gasteiger partial charge is 0.300 e. The third-order valence-corrected chi connectivity index (χ3v) is 2.76. The Labute approximate surface area is 103 Å². The maximum atomic E-state index is 11.5. The van der Waals surface area contributed by atoms with Gasteiger partial charge in [-0.1, -0.05) is 30.3 Å². The molecule has 0 amide bonds. The van der Waals surface area contributed by atoms with Gasteiger partial charge < -0.3 is 0 Å². The molecule has 0 bridgehead atoms. The monoisotopic (exact) mass is 229 g/mol. The van der Waals surface area contributed by atoms with Crippen LogP contribution in [0.5, 0.6) is 0 Å². The summed E-state index contributed by atoms with van der Waals surface area (Å²) >= 11 is 0. The Morgan fingerprint density at radius 1 is 1.06 bits per heavy atom. The van der Waals surface area contributed by atoms with Crippen molar-refractivity contribution in [1.82, 2.24) is 0 Å². The van der Waals surface area contributed by atoms with Crippen LogP contribution in [0.2, 0.25) is 0 Å². The molecule has 0 heterocycles. The smallest absolute Gasteiger partial charge is 0.132 e. The molecular weight excluding hydrogens is 210 g/mol. The van der Waals surface area contributed by atoms with Crippen LogP contribution in [0, 0.1) is 11.3 Å². The number of benzene rings is 1. The highest BCUT2D eigenvalue weighted by Gasteiger charge is 2.01. The second-order valence-electron chi connectivity index (χ2n) is 4.24. The lowest BCUT2D eigenvalue weighted by Crippen LogP contribution is -1.98. The summed E-state index contributed by atoms with van der Waals surface area (Å²) in [6.45, 7) is 0. The Hall–Kier alpha value is -1.62. The van der Waals surface area contributed by atoms with E-state index in [1.54, 1.807) is 0 Å². The summed E-state index contributed by atoms with van der Waals surface area (Å²) in [5.41, 5.74) is 1.30. The number of nitrogens with zero attached hydrogens (tertiary/aromatic N) is 1. The van der Waals surface area contributed by atoms with Crippen molar-refractivity contribution in [3.8, 4) is 6.07 Å². The zero-order chi connectivity index (χ0) is 12.3. The SMILES string of the molecule is N#CCCCCC(=O)CCCc1ccccc1. The molecule has 1 aromatic rings. The van der Waals surface area contributed by atoms with Gasteiger partial charge in [0, 0.05) is 19.3 Å². The predicted octanol–water partition coefficient (Wildman–Crippen LogP) is 3.66. The van der Waals surface area contributed by atoms with Gasteiger partial charge in [0.2, 0.25) is 0 Å². The summed E-state index contributed by atoms with van der Waals surface area (Å²) in [7, 11) is 0. The first kappa shape index (κ1) is 13.4. The molecule has 0 N–H and O–H groups in total. The van der Waals surface area contributed by atoms with E-state index >= 15 is 0 Å². The Morgan fingerprint density at radius 2 is 1.76 bits per heavy atom. The van der Waals surface area contributed by atoms with Crippen LogP contribution in [-0.2, 0) is 11.2 Å². The van der Waals surface area contributed by atoms with E-state index in [1.165, 1.54) is 5.56 Å². The van der Waals surface area contributed by atoms with Crippen molar-refractivity contribution in [2.45, 2.75) is 44.9 Å². The molecule has 0 aliphatic heterocycles. The number of nitriles is 1.